The topological polar surface area (TPSA) is 12.0 Å². The van der Waals surface area contributed by atoms with Crippen LogP contribution in [0.1, 0.15) is 23.5 Å². The summed E-state index contributed by atoms with van der Waals surface area (Å²) in [4.78, 5) is 0. The first kappa shape index (κ1) is 9.46. The smallest absolute Gasteiger partial charge is 0.0379 e. The van der Waals surface area contributed by atoms with Crippen LogP contribution in [0.4, 0.5) is 5.69 Å². The van der Waals surface area contributed by atoms with Crippen molar-refractivity contribution in [1.82, 2.24) is 0 Å². The molecule has 1 aliphatic heterocycles. The van der Waals surface area contributed by atoms with E-state index in [9.17, 15) is 0 Å². The Morgan fingerprint density at radius 1 is 0.875 bits per heavy atom. The van der Waals surface area contributed by atoms with E-state index < -0.39 is 0 Å². The van der Waals surface area contributed by atoms with Crippen molar-refractivity contribution in [2.75, 3.05) is 11.9 Å². The largest absolute Gasteiger partial charge is 0.385 e. The Hall–Kier alpha value is -1.76. The third-order valence-corrected chi connectivity index (χ3v) is 3.29. The molecule has 0 saturated carbocycles. The van der Waals surface area contributed by atoms with Crippen LogP contribution >= 0.6 is 0 Å². The van der Waals surface area contributed by atoms with E-state index in [-0.39, 0.29) is 0 Å². The van der Waals surface area contributed by atoms with Crippen molar-refractivity contribution in [3.8, 4) is 0 Å². The average Bonchev–Trinajstić information content (AvgIpc) is 2.39. The zero-order valence-electron chi connectivity index (χ0n) is 9.19. The number of nitrogens with one attached hydrogen (secondary N) is 1. The Kier molecular flexibility index (Phi) is 2.37. The predicted molar refractivity (Wildman–Crippen MR) is 67.8 cm³/mol. The molecule has 0 bridgehead atoms. The van der Waals surface area contributed by atoms with E-state index >= 15 is 0 Å². The maximum absolute atomic E-state index is 3.46. The molecule has 2 aromatic carbocycles. The number of para-hydroxylation sites is 1. The Labute approximate surface area is 96.1 Å². The van der Waals surface area contributed by atoms with E-state index in [0.29, 0.717) is 5.92 Å². The molecule has 1 aliphatic rings. The van der Waals surface area contributed by atoms with Crippen LogP contribution in [0.15, 0.2) is 54.6 Å². The van der Waals surface area contributed by atoms with Crippen LogP contribution in [0, 0.1) is 0 Å². The van der Waals surface area contributed by atoms with Gasteiger partial charge in [-0.2, -0.15) is 0 Å². The second-order valence-electron chi connectivity index (χ2n) is 4.27. The van der Waals surface area contributed by atoms with Crippen LogP contribution in [-0.4, -0.2) is 6.54 Å². The van der Waals surface area contributed by atoms with Gasteiger partial charge >= 0.3 is 0 Å². The summed E-state index contributed by atoms with van der Waals surface area (Å²) in [6.45, 7) is 1.07. The molecule has 1 N–H and O–H groups in total. The predicted octanol–water partition coefficient (Wildman–Crippen LogP) is 3.63. The second-order valence-corrected chi connectivity index (χ2v) is 4.27. The van der Waals surface area contributed by atoms with Crippen molar-refractivity contribution in [3.05, 3.63) is 65.7 Å². The summed E-state index contributed by atoms with van der Waals surface area (Å²) in [5, 5.41) is 3.46. The quantitative estimate of drug-likeness (QED) is 0.756. The fraction of sp³-hybridized carbons (Fsp3) is 0.200. The van der Waals surface area contributed by atoms with Crippen molar-refractivity contribution in [1.29, 1.82) is 0 Å². The summed E-state index contributed by atoms with van der Waals surface area (Å²) in [6, 6.07) is 19.4. The summed E-state index contributed by atoms with van der Waals surface area (Å²) in [6.07, 6.45) is 1.18. The van der Waals surface area contributed by atoms with Crippen molar-refractivity contribution >= 4 is 5.69 Å². The van der Waals surface area contributed by atoms with Gasteiger partial charge in [0.05, 0.1) is 0 Å². The highest BCUT2D eigenvalue weighted by Gasteiger charge is 2.20. The Bertz CT molecular complexity index is 476. The van der Waals surface area contributed by atoms with Crippen molar-refractivity contribution in [3.63, 3.8) is 0 Å². The lowest BCUT2D eigenvalue weighted by Gasteiger charge is -2.27. The van der Waals surface area contributed by atoms with Crippen molar-refractivity contribution < 1.29 is 0 Å². The molecule has 0 unspecified atom stereocenters. The van der Waals surface area contributed by atoms with Crippen LogP contribution in [0.25, 0.3) is 0 Å². The summed E-state index contributed by atoms with van der Waals surface area (Å²) >= 11 is 0. The molecule has 0 amide bonds. The number of benzene rings is 2. The zero-order valence-corrected chi connectivity index (χ0v) is 9.19. The third kappa shape index (κ3) is 1.58. The lowest BCUT2D eigenvalue weighted by Crippen LogP contribution is -2.17. The first-order valence-electron chi connectivity index (χ1n) is 5.83. The highest BCUT2D eigenvalue weighted by Crippen LogP contribution is 2.35. The second kappa shape index (κ2) is 4.01. The standard InChI is InChI=1S/C15H15N/c1-2-6-12(7-3-1)13-10-11-16-15-9-5-4-8-14(13)15/h1-9,13,16H,10-11H2/t13-/m0/s1. The lowest BCUT2D eigenvalue weighted by molar-refractivity contribution is 0.720. The molecular formula is C15H15N. The molecule has 80 valence electrons. The van der Waals surface area contributed by atoms with Gasteiger partial charge in [-0.3, -0.25) is 0 Å². The van der Waals surface area contributed by atoms with Crippen LogP contribution in [0.3, 0.4) is 0 Å². The van der Waals surface area contributed by atoms with Gasteiger partial charge in [-0.25, -0.2) is 0 Å². The number of hydrogen-bond acceptors (Lipinski definition) is 1. The minimum absolute atomic E-state index is 0.554. The molecule has 0 aliphatic carbocycles. The maximum Gasteiger partial charge on any atom is 0.0379 e. The van der Waals surface area contributed by atoms with E-state index in [1.807, 2.05) is 0 Å². The molecule has 0 aromatic heterocycles. The van der Waals surface area contributed by atoms with Crippen LogP contribution < -0.4 is 5.32 Å². The van der Waals surface area contributed by atoms with Crippen molar-refractivity contribution in [2.24, 2.45) is 0 Å². The minimum Gasteiger partial charge on any atom is -0.385 e. The fourth-order valence-electron chi connectivity index (χ4n) is 2.50. The zero-order chi connectivity index (χ0) is 10.8. The summed E-state index contributed by atoms with van der Waals surface area (Å²) in [5.41, 5.74) is 4.15. The van der Waals surface area contributed by atoms with Crippen LogP contribution in [-0.2, 0) is 0 Å². The van der Waals surface area contributed by atoms with E-state index in [4.69, 9.17) is 0 Å². The van der Waals surface area contributed by atoms with Crippen LogP contribution in [0.2, 0.25) is 0 Å². The summed E-state index contributed by atoms with van der Waals surface area (Å²) in [7, 11) is 0. The Morgan fingerprint density at radius 2 is 1.62 bits per heavy atom. The van der Waals surface area contributed by atoms with Gasteiger partial charge in [-0.05, 0) is 23.6 Å². The molecule has 0 radical (unpaired) electrons. The van der Waals surface area contributed by atoms with Gasteiger partial charge in [-0.15, -0.1) is 0 Å². The van der Waals surface area contributed by atoms with Gasteiger partial charge in [0, 0.05) is 18.2 Å². The van der Waals surface area contributed by atoms with Gasteiger partial charge in [0.15, 0.2) is 0 Å². The molecule has 1 nitrogen and oxygen atoms in total. The van der Waals surface area contributed by atoms with E-state index in [0.717, 1.165) is 6.54 Å². The molecule has 1 heterocycles. The van der Waals surface area contributed by atoms with E-state index in [1.165, 1.54) is 23.2 Å². The number of fused-ring (bicyclic) bond motifs is 1. The number of hydrogen-bond donors (Lipinski definition) is 1. The third-order valence-electron chi connectivity index (χ3n) is 3.29. The molecule has 2 aromatic rings. The summed E-state index contributed by atoms with van der Waals surface area (Å²) < 4.78 is 0. The highest BCUT2D eigenvalue weighted by atomic mass is 14.9. The normalized spacial score (nSPS) is 18.6. The highest BCUT2D eigenvalue weighted by molar-refractivity contribution is 5.57. The van der Waals surface area contributed by atoms with Crippen LogP contribution in [0.5, 0.6) is 0 Å². The molecule has 0 fully saturated rings. The molecule has 3 rings (SSSR count). The molecule has 1 atom stereocenters. The number of rotatable bonds is 1. The Balaban J connectivity index is 2.05. The first-order chi connectivity index (χ1) is 7.95. The molecule has 0 spiro atoms. The molecular weight excluding hydrogens is 194 g/mol. The molecule has 0 saturated heterocycles. The first-order valence-corrected chi connectivity index (χ1v) is 5.83. The fourth-order valence-corrected chi connectivity index (χ4v) is 2.50. The van der Waals surface area contributed by atoms with Crippen molar-refractivity contribution in [2.45, 2.75) is 12.3 Å². The van der Waals surface area contributed by atoms with Gasteiger partial charge in [0.25, 0.3) is 0 Å². The molecule has 1 heteroatoms. The SMILES string of the molecule is c1ccc([C@@H]2CCNc3ccccc32)cc1. The van der Waals surface area contributed by atoms with E-state index in [1.54, 1.807) is 0 Å². The monoisotopic (exact) mass is 209 g/mol. The van der Waals surface area contributed by atoms with Gasteiger partial charge in [0.2, 0.25) is 0 Å². The minimum atomic E-state index is 0.554. The molecule has 16 heavy (non-hydrogen) atoms. The number of anilines is 1. The van der Waals surface area contributed by atoms with Gasteiger partial charge < -0.3 is 5.32 Å². The maximum atomic E-state index is 3.46. The average molecular weight is 209 g/mol. The van der Waals surface area contributed by atoms with Gasteiger partial charge in [-0.1, -0.05) is 48.5 Å². The van der Waals surface area contributed by atoms with E-state index in [2.05, 4.69) is 59.9 Å². The summed E-state index contributed by atoms with van der Waals surface area (Å²) in [5.74, 6) is 0.554. The lowest BCUT2D eigenvalue weighted by atomic mass is 9.85. The van der Waals surface area contributed by atoms with Gasteiger partial charge in [0.1, 0.15) is 0 Å². The Morgan fingerprint density at radius 3 is 2.50 bits per heavy atom.